The standard InChI is InChI=1S/C17H19FN2O/c1-21-17-6-5-12(11-20-17)10-19-16-8-14(9-16)13-3-2-4-15(18)7-13/h2-7,11,14,16,19H,8-10H2,1H3. The first kappa shape index (κ1) is 14.0. The number of methoxy groups -OCH3 is 1. The molecule has 1 aliphatic carbocycles. The minimum atomic E-state index is -0.145. The molecule has 1 heterocycles. The van der Waals surface area contributed by atoms with Crippen molar-refractivity contribution in [2.75, 3.05) is 7.11 Å². The van der Waals surface area contributed by atoms with Gasteiger partial charge in [-0.3, -0.25) is 0 Å². The van der Waals surface area contributed by atoms with Crippen molar-refractivity contribution in [1.29, 1.82) is 0 Å². The molecule has 2 aromatic rings. The fraction of sp³-hybridized carbons (Fsp3) is 0.353. The van der Waals surface area contributed by atoms with Crippen molar-refractivity contribution >= 4 is 0 Å². The zero-order chi connectivity index (χ0) is 14.7. The van der Waals surface area contributed by atoms with Crippen LogP contribution in [0.5, 0.6) is 5.88 Å². The highest BCUT2D eigenvalue weighted by molar-refractivity contribution is 5.24. The Bertz CT molecular complexity index is 594. The van der Waals surface area contributed by atoms with Crippen LogP contribution in [0.3, 0.4) is 0 Å². The monoisotopic (exact) mass is 286 g/mol. The maximum Gasteiger partial charge on any atom is 0.212 e. The van der Waals surface area contributed by atoms with Gasteiger partial charge in [0, 0.05) is 24.8 Å². The quantitative estimate of drug-likeness (QED) is 0.916. The highest BCUT2D eigenvalue weighted by Crippen LogP contribution is 2.37. The Morgan fingerprint density at radius 3 is 2.81 bits per heavy atom. The van der Waals surface area contributed by atoms with Gasteiger partial charge in [-0.1, -0.05) is 18.2 Å². The molecule has 110 valence electrons. The lowest BCUT2D eigenvalue weighted by Crippen LogP contribution is -2.39. The lowest BCUT2D eigenvalue weighted by molar-refractivity contribution is 0.289. The second-order valence-electron chi connectivity index (χ2n) is 5.51. The van der Waals surface area contributed by atoms with E-state index in [9.17, 15) is 4.39 Å². The third-order valence-electron chi connectivity index (χ3n) is 4.06. The Labute approximate surface area is 124 Å². The summed E-state index contributed by atoms with van der Waals surface area (Å²) < 4.78 is 18.2. The number of pyridine rings is 1. The minimum absolute atomic E-state index is 0.145. The van der Waals surface area contributed by atoms with Crippen molar-refractivity contribution in [2.45, 2.75) is 31.3 Å². The molecule has 0 amide bonds. The van der Waals surface area contributed by atoms with Gasteiger partial charge in [-0.15, -0.1) is 0 Å². The first-order chi connectivity index (χ1) is 10.2. The van der Waals surface area contributed by atoms with Crippen molar-refractivity contribution in [3.05, 3.63) is 59.5 Å². The zero-order valence-corrected chi connectivity index (χ0v) is 12.1. The summed E-state index contributed by atoms with van der Waals surface area (Å²) in [7, 11) is 1.61. The molecule has 0 unspecified atom stereocenters. The zero-order valence-electron chi connectivity index (χ0n) is 12.1. The fourth-order valence-electron chi connectivity index (χ4n) is 2.72. The van der Waals surface area contributed by atoms with E-state index in [1.165, 1.54) is 6.07 Å². The number of ether oxygens (including phenoxy) is 1. The molecule has 1 aromatic carbocycles. The molecule has 1 fully saturated rings. The van der Waals surface area contributed by atoms with Crippen LogP contribution in [0.25, 0.3) is 0 Å². The van der Waals surface area contributed by atoms with Crippen molar-refractivity contribution in [1.82, 2.24) is 10.3 Å². The van der Waals surface area contributed by atoms with E-state index < -0.39 is 0 Å². The van der Waals surface area contributed by atoms with Gasteiger partial charge >= 0.3 is 0 Å². The molecule has 1 saturated carbocycles. The van der Waals surface area contributed by atoms with E-state index in [-0.39, 0.29) is 5.82 Å². The molecule has 0 aliphatic heterocycles. The van der Waals surface area contributed by atoms with Gasteiger partial charge in [-0.2, -0.15) is 0 Å². The predicted molar refractivity (Wildman–Crippen MR) is 79.8 cm³/mol. The van der Waals surface area contributed by atoms with Crippen molar-refractivity contribution in [3.63, 3.8) is 0 Å². The lowest BCUT2D eigenvalue weighted by Gasteiger charge is -2.36. The normalized spacial score (nSPS) is 20.9. The van der Waals surface area contributed by atoms with E-state index in [2.05, 4.69) is 10.3 Å². The Balaban J connectivity index is 1.46. The molecule has 1 aliphatic rings. The van der Waals surface area contributed by atoms with Gasteiger partial charge in [0.1, 0.15) is 5.82 Å². The molecule has 3 rings (SSSR count). The number of hydrogen-bond acceptors (Lipinski definition) is 3. The fourth-order valence-corrected chi connectivity index (χ4v) is 2.72. The van der Waals surface area contributed by atoms with Crippen LogP contribution in [0, 0.1) is 5.82 Å². The Hall–Kier alpha value is -1.94. The lowest BCUT2D eigenvalue weighted by atomic mass is 9.76. The highest BCUT2D eigenvalue weighted by Gasteiger charge is 2.29. The Morgan fingerprint density at radius 1 is 1.29 bits per heavy atom. The summed E-state index contributed by atoms with van der Waals surface area (Å²) in [5.74, 6) is 0.967. The number of benzene rings is 1. The number of halogens is 1. The van der Waals surface area contributed by atoms with E-state index in [0.717, 1.165) is 30.5 Å². The van der Waals surface area contributed by atoms with Gasteiger partial charge < -0.3 is 10.1 Å². The number of nitrogens with one attached hydrogen (secondary N) is 1. The second-order valence-corrected chi connectivity index (χ2v) is 5.51. The van der Waals surface area contributed by atoms with Gasteiger partial charge in [-0.05, 0) is 42.0 Å². The molecule has 0 atom stereocenters. The second kappa shape index (κ2) is 6.22. The molecule has 1 N–H and O–H groups in total. The summed E-state index contributed by atoms with van der Waals surface area (Å²) in [4.78, 5) is 4.19. The molecule has 0 bridgehead atoms. The average Bonchev–Trinajstić information content (AvgIpc) is 2.46. The predicted octanol–water partition coefficient (Wildman–Crippen LogP) is 3.27. The minimum Gasteiger partial charge on any atom is -0.481 e. The number of rotatable bonds is 5. The maximum absolute atomic E-state index is 13.2. The van der Waals surface area contributed by atoms with Crippen LogP contribution in [-0.4, -0.2) is 18.1 Å². The average molecular weight is 286 g/mol. The summed E-state index contributed by atoms with van der Waals surface area (Å²) in [6.45, 7) is 0.803. The van der Waals surface area contributed by atoms with Crippen LogP contribution < -0.4 is 10.1 Å². The number of aromatic nitrogens is 1. The van der Waals surface area contributed by atoms with E-state index in [1.807, 2.05) is 24.4 Å². The van der Waals surface area contributed by atoms with Gasteiger partial charge in [0.05, 0.1) is 7.11 Å². The molecule has 4 heteroatoms. The molecule has 0 spiro atoms. The Morgan fingerprint density at radius 2 is 2.14 bits per heavy atom. The van der Waals surface area contributed by atoms with E-state index in [0.29, 0.717) is 17.8 Å². The van der Waals surface area contributed by atoms with Crippen LogP contribution in [0.15, 0.2) is 42.6 Å². The first-order valence-corrected chi connectivity index (χ1v) is 7.22. The topological polar surface area (TPSA) is 34.1 Å². The van der Waals surface area contributed by atoms with Crippen molar-refractivity contribution in [3.8, 4) is 5.88 Å². The van der Waals surface area contributed by atoms with Crippen molar-refractivity contribution in [2.24, 2.45) is 0 Å². The van der Waals surface area contributed by atoms with Gasteiger partial charge in [0.15, 0.2) is 0 Å². The largest absolute Gasteiger partial charge is 0.481 e. The molecule has 21 heavy (non-hydrogen) atoms. The highest BCUT2D eigenvalue weighted by atomic mass is 19.1. The van der Waals surface area contributed by atoms with E-state index >= 15 is 0 Å². The molecular weight excluding hydrogens is 267 g/mol. The Kier molecular flexibility index (Phi) is 4.15. The van der Waals surface area contributed by atoms with Gasteiger partial charge in [-0.25, -0.2) is 9.37 Å². The molecule has 0 radical (unpaired) electrons. The summed E-state index contributed by atoms with van der Waals surface area (Å²) in [6, 6.07) is 11.3. The van der Waals surface area contributed by atoms with Crippen LogP contribution >= 0.6 is 0 Å². The van der Waals surface area contributed by atoms with Gasteiger partial charge in [0.2, 0.25) is 5.88 Å². The van der Waals surface area contributed by atoms with Crippen molar-refractivity contribution < 1.29 is 9.13 Å². The van der Waals surface area contributed by atoms with Crippen LogP contribution in [0.4, 0.5) is 4.39 Å². The summed E-state index contributed by atoms with van der Waals surface area (Å²) in [5, 5.41) is 3.51. The van der Waals surface area contributed by atoms with E-state index in [1.54, 1.807) is 19.2 Å². The molecule has 1 aromatic heterocycles. The van der Waals surface area contributed by atoms with Crippen LogP contribution in [-0.2, 0) is 6.54 Å². The maximum atomic E-state index is 13.2. The molecule has 0 saturated heterocycles. The number of hydrogen-bond donors (Lipinski definition) is 1. The summed E-state index contributed by atoms with van der Waals surface area (Å²) in [6.07, 6.45) is 3.95. The third-order valence-corrected chi connectivity index (χ3v) is 4.06. The number of nitrogens with zero attached hydrogens (tertiary/aromatic N) is 1. The van der Waals surface area contributed by atoms with Gasteiger partial charge in [0.25, 0.3) is 0 Å². The summed E-state index contributed by atoms with van der Waals surface area (Å²) >= 11 is 0. The third kappa shape index (κ3) is 3.39. The van der Waals surface area contributed by atoms with E-state index in [4.69, 9.17) is 4.74 Å². The molecule has 3 nitrogen and oxygen atoms in total. The first-order valence-electron chi connectivity index (χ1n) is 7.22. The smallest absolute Gasteiger partial charge is 0.212 e. The summed E-state index contributed by atoms with van der Waals surface area (Å²) in [5.41, 5.74) is 2.25. The van der Waals surface area contributed by atoms with Crippen LogP contribution in [0.2, 0.25) is 0 Å². The van der Waals surface area contributed by atoms with Crippen LogP contribution in [0.1, 0.15) is 29.9 Å². The SMILES string of the molecule is COc1ccc(CNC2CC(c3cccc(F)c3)C2)cn1. The molecular formula is C17H19FN2O.